The average Bonchev–Trinajstić information content (AvgIpc) is 2.72. The summed E-state index contributed by atoms with van der Waals surface area (Å²) < 4.78 is 33.3. The van der Waals surface area contributed by atoms with E-state index in [4.69, 9.17) is 16.3 Å². The molecule has 2 aromatic rings. The second kappa shape index (κ2) is 9.71. The predicted molar refractivity (Wildman–Crippen MR) is 119 cm³/mol. The molecular weight excluding hydrogens is 424 g/mol. The molecule has 0 saturated carbocycles. The van der Waals surface area contributed by atoms with Crippen LogP contribution in [0.5, 0.6) is 5.75 Å². The van der Waals surface area contributed by atoms with Crippen molar-refractivity contribution in [2.24, 2.45) is 5.92 Å². The van der Waals surface area contributed by atoms with Crippen LogP contribution < -0.4 is 14.4 Å². The van der Waals surface area contributed by atoms with Crippen LogP contribution >= 0.6 is 11.6 Å². The van der Waals surface area contributed by atoms with Gasteiger partial charge in [0.25, 0.3) is 15.9 Å². The number of fused-ring (bicyclic) bond motifs is 1. The van der Waals surface area contributed by atoms with Gasteiger partial charge in [-0.1, -0.05) is 43.6 Å². The number of hydrogen-bond acceptors (Lipinski definition) is 4. The number of benzene rings is 2. The molecule has 3 rings (SSSR count). The van der Waals surface area contributed by atoms with Gasteiger partial charge in [-0.3, -0.25) is 9.10 Å². The van der Waals surface area contributed by atoms with Crippen LogP contribution in [0.15, 0.2) is 47.4 Å². The highest BCUT2D eigenvalue weighted by Gasteiger charge is 2.29. The Labute approximate surface area is 183 Å². The van der Waals surface area contributed by atoms with Crippen molar-refractivity contribution in [1.29, 1.82) is 0 Å². The van der Waals surface area contributed by atoms with Crippen molar-refractivity contribution in [3.8, 4) is 5.75 Å². The Bertz CT molecular complexity index is 1010. The van der Waals surface area contributed by atoms with E-state index >= 15 is 0 Å². The number of halogens is 1. The highest BCUT2D eigenvalue weighted by atomic mass is 35.5. The number of rotatable bonds is 8. The minimum absolute atomic E-state index is 0.0953. The third-order valence-electron chi connectivity index (χ3n) is 4.96. The lowest BCUT2D eigenvalue weighted by molar-refractivity contribution is -0.123. The summed E-state index contributed by atoms with van der Waals surface area (Å²) in [5, 5.41) is 2.93. The van der Waals surface area contributed by atoms with E-state index in [1.165, 1.54) is 22.5 Å². The van der Waals surface area contributed by atoms with Crippen molar-refractivity contribution in [3.63, 3.8) is 0 Å². The van der Waals surface area contributed by atoms with Crippen LogP contribution in [0.4, 0.5) is 5.69 Å². The predicted octanol–water partition coefficient (Wildman–Crippen LogP) is 4.02. The summed E-state index contributed by atoms with van der Waals surface area (Å²) in [6, 6.07) is 11.9. The van der Waals surface area contributed by atoms with Crippen molar-refractivity contribution >= 4 is 33.2 Å². The Hall–Kier alpha value is -2.25. The summed E-state index contributed by atoms with van der Waals surface area (Å²) in [6.07, 6.45) is 2.50. The first-order chi connectivity index (χ1) is 14.3. The van der Waals surface area contributed by atoms with E-state index in [-0.39, 0.29) is 28.2 Å². The molecular formula is C22H27ClN2O4S. The normalized spacial score (nSPS) is 13.8. The fraction of sp³-hybridized carbons (Fsp3) is 0.409. The fourth-order valence-electron chi connectivity index (χ4n) is 3.33. The Morgan fingerprint density at radius 2 is 2.00 bits per heavy atom. The zero-order valence-corrected chi connectivity index (χ0v) is 18.8. The lowest BCUT2D eigenvalue weighted by Crippen LogP contribution is -2.35. The molecule has 0 fully saturated rings. The maximum Gasteiger partial charge on any atom is 0.264 e. The van der Waals surface area contributed by atoms with Crippen LogP contribution in [0.2, 0.25) is 5.02 Å². The highest BCUT2D eigenvalue weighted by molar-refractivity contribution is 7.92. The van der Waals surface area contributed by atoms with Crippen LogP contribution in [0, 0.1) is 5.92 Å². The SMILES string of the molecule is CC(C)CCNC(=O)COc1ccc(S(=O)(=O)N2CCCc3ccccc32)cc1Cl. The number of nitrogens with one attached hydrogen (secondary N) is 1. The zero-order valence-electron chi connectivity index (χ0n) is 17.2. The van der Waals surface area contributed by atoms with E-state index < -0.39 is 10.0 Å². The van der Waals surface area contributed by atoms with E-state index in [1.54, 1.807) is 0 Å². The number of aryl methyl sites for hydroxylation is 1. The monoisotopic (exact) mass is 450 g/mol. The zero-order chi connectivity index (χ0) is 21.7. The molecule has 1 aliphatic heterocycles. The molecule has 0 atom stereocenters. The van der Waals surface area contributed by atoms with Crippen molar-refractivity contribution in [3.05, 3.63) is 53.1 Å². The third kappa shape index (κ3) is 5.26. The lowest BCUT2D eigenvalue weighted by Gasteiger charge is -2.30. The van der Waals surface area contributed by atoms with E-state index in [1.807, 2.05) is 24.3 Å². The first kappa shape index (κ1) is 22.4. The number of nitrogens with zero attached hydrogens (tertiary/aromatic N) is 1. The molecule has 6 nitrogen and oxygen atoms in total. The Morgan fingerprint density at radius 1 is 1.23 bits per heavy atom. The molecule has 162 valence electrons. The highest BCUT2D eigenvalue weighted by Crippen LogP contribution is 2.34. The Morgan fingerprint density at radius 3 is 2.73 bits per heavy atom. The minimum atomic E-state index is -3.75. The third-order valence-corrected chi connectivity index (χ3v) is 7.07. The smallest absolute Gasteiger partial charge is 0.264 e. The maximum atomic E-state index is 13.2. The number of hydrogen-bond donors (Lipinski definition) is 1. The topological polar surface area (TPSA) is 75.7 Å². The fourth-order valence-corrected chi connectivity index (χ4v) is 5.20. The first-order valence-corrected chi connectivity index (χ1v) is 11.9. The van der Waals surface area contributed by atoms with E-state index in [0.717, 1.165) is 24.8 Å². The number of para-hydroxylation sites is 1. The van der Waals surface area contributed by atoms with Crippen molar-refractivity contribution in [1.82, 2.24) is 5.32 Å². The average molecular weight is 451 g/mol. The van der Waals surface area contributed by atoms with Crippen molar-refractivity contribution in [2.75, 3.05) is 24.0 Å². The van der Waals surface area contributed by atoms with Gasteiger partial charge in [0.15, 0.2) is 6.61 Å². The van der Waals surface area contributed by atoms with Gasteiger partial charge < -0.3 is 10.1 Å². The summed E-state index contributed by atoms with van der Waals surface area (Å²) in [7, 11) is -3.75. The molecule has 0 aliphatic carbocycles. The molecule has 0 saturated heterocycles. The number of ether oxygens (including phenoxy) is 1. The van der Waals surface area contributed by atoms with Gasteiger partial charge >= 0.3 is 0 Å². The van der Waals surface area contributed by atoms with Crippen molar-refractivity contribution < 1.29 is 17.9 Å². The van der Waals surface area contributed by atoms with Crippen LogP contribution in [-0.4, -0.2) is 34.0 Å². The van der Waals surface area contributed by atoms with Gasteiger partial charge in [0.05, 0.1) is 15.6 Å². The van der Waals surface area contributed by atoms with Crippen molar-refractivity contribution in [2.45, 2.75) is 38.0 Å². The standard InChI is InChI=1S/C22H27ClN2O4S/c1-16(2)11-12-24-22(26)15-29-21-10-9-18(14-19(21)23)30(27,28)25-13-5-7-17-6-3-4-8-20(17)25/h3-4,6,8-10,14,16H,5,7,11-13,15H2,1-2H3,(H,24,26). The quantitative estimate of drug-likeness (QED) is 0.659. The van der Waals surface area contributed by atoms with Crippen LogP contribution in [0.1, 0.15) is 32.3 Å². The van der Waals surface area contributed by atoms with Crippen LogP contribution in [0.25, 0.3) is 0 Å². The molecule has 2 aromatic carbocycles. The Balaban J connectivity index is 1.70. The molecule has 0 unspecified atom stereocenters. The van der Waals surface area contributed by atoms with Gasteiger partial charge in [-0.05, 0) is 55.0 Å². The van der Waals surface area contributed by atoms with E-state index in [2.05, 4.69) is 19.2 Å². The van der Waals surface area contributed by atoms with Gasteiger partial charge in [-0.25, -0.2) is 8.42 Å². The van der Waals surface area contributed by atoms with E-state index in [9.17, 15) is 13.2 Å². The maximum absolute atomic E-state index is 13.2. The number of carbonyl (C=O) groups is 1. The number of anilines is 1. The van der Waals surface area contributed by atoms with Gasteiger partial charge in [0.1, 0.15) is 5.75 Å². The summed E-state index contributed by atoms with van der Waals surface area (Å²) in [4.78, 5) is 12.0. The second-order valence-electron chi connectivity index (χ2n) is 7.72. The number of amides is 1. The molecule has 0 bridgehead atoms. The van der Waals surface area contributed by atoms with Gasteiger partial charge in [0, 0.05) is 13.1 Å². The second-order valence-corrected chi connectivity index (χ2v) is 9.99. The minimum Gasteiger partial charge on any atom is -0.482 e. The van der Waals surface area contributed by atoms with Gasteiger partial charge in [-0.2, -0.15) is 0 Å². The van der Waals surface area contributed by atoms with Crippen LogP contribution in [-0.2, 0) is 21.2 Å². The first-order valence-electron chi connectivity index (χ1n) is 10.1. The molecule has 1 N–H and O–H groups in total. The van der Waals surface area contributed by atoms with Gasteiger partial charge in [-0.15, -0.1) is 0 Å². The molecule has 1 heterocycles. The molecule has 1 amide bonds. The molecule has 0 aromatic heterocycles. The number of sulfonamides is 1. The summed E-state index contributed by atoms with van der Waals surface area (Å²) >= 11 is 6.26. The van der Waals surface area contributed by atoms with Crippen LogP contribution in [0.3, 0.4) is 0 Å². The molecule has 8 heteroatoms. The number of carbonyl (C=O) groups excluding carboxylic acids is 1. The summed E-state index contributed by atoms with van der Waals surface area (Å²) in [6.45, 7) is 5.00. The lowest BCUT2D eigenvalue weighted by atomic mass is 10.0. The molecule has 0 spiro atoms. The van der Waals surface area contributed by atoms with E-state index in [0.29, 0.717) is 24.7 Å². The molecule has 0 radical (unpaired) electrons. The molecule has 30 heavy (non-hydrogen) atoms. The Kier molecular flexibility index (Phi) is 7.26. The summed E-state index contributed by atoms with van der Waals surface area (Å²) in [5.74, 6) is 0.532. The van der Waals surface area contributed by atoms with Gasteiger partial charge in [0.2, 0.25) is 0 Å². The largest absolute Gasteiger partial charge is 0.482 e. The molecule has 1 aliphatic rings. The summed E-state index contributed by atoms with van der Waals surface area (Å²) in [5.41, 5.74) is 1.72.